The Kier molecular flexibility index (Phi) is 7.54. The smallest absolute Gasteiger partial charge is 0.279 e. The van der Waals surface area contributed by atoms with Crippen LogP contribution >= 0.6 is 39.7 Å². The Balaban J connectivity index is 1.71. The van der Waals surface area contributed by atoms with Crippen LogP contribution < -0.4 is 20.9 Å². The van der Waals surface area contributed by atoms with Gasteiger partial charge >= 0.3 is 0 Å². The molecule has 24 heavy (non-hydrogen) atoms. The van der Waals surface area contributed by atoms with Crippen LogP contribution in [0.1, 0.15) is 19.8 Å². The third kappa shape index (κ3) is 6.08. The number of rotatable bonds is 5. The van der Waals surface area contributed by atoms with Gasteiger partial charge in [-0.2, -0.15) is 0 Å². The maximum absolute atomic E-state index is 12.0. The van der Waals surface area contributed by atoms with Gasteiger partial charge in [-0.25, -0.2) is 0 Å². The Bertz CT molecular complexity index is 599. The van der Waals surface area contributed by atoms with E-state index in [1.165, 1.54) is 0 Å². The second-order valence-electron chi connectivity index (χ2n) is 5.29. The molecule has 9 heteroatoms. The summed E-state index contributed by atoms with van der Waals surface area (Å²) in [5.74, 6) is 0.0665. The van der Waals surface area contributed by atoms with Crippen LogP contribution in [-0.4, -0.2) is 36.4 Å². The number of halogens is 2. The van der Waals surface area contributed by atoms with Gasteiger partial charge in [-0.1, -0.05) is 27.5 Å². The second-order valence-corrected chi connectivity index (χ2v) is 7.03. The molecule has 0 saturated carbocycles. The normalized spacial score (nSPS) is 17.9. The number of hydrogen-bond acceptors (Lipinski definition) is 4. The molecule has 2 atom stereocenters. The lowest BCUT2D eigenvalue weighted by molar-refractivity contribution is -0.127. The largest absolute Gasteiger partial charge is 0.479 e. The SMILES string of the molecule is C[C@@H](Oc1ccc(Br)cc1Cl)C(=O)NNC(=S)NC[C@@H]1CCCO1. The quantitative estimate of drug-likeness (QED) is 0.487. The lowest BCUT2D eigenvalue weighted by atomic mass is 10.2. The van der Waals surface area contributed by atoms with E-state index >= 15 is 0 Å². The molecule has 1 aromatic carbocycles. The van der Waals surface area contributed by atoms with E-state index in [1.54, 1.807) is 25.1 Å². The van der Waals surface area contributed by atoms with Crippen LogP contribution in [0.25, 0.3) is 0 Å². The summed E-state index contributed by atoms with van der Waals surface area (Å²) >= 11 is 14.5. The zero-order chi connectivity index (χ0) is 17.5. The minimum Gasteiger partial charge on any atom is -0.479 e. The zero-order valence-electron chi connectivity index (χ0n) is 13.1. The Labute approximate surface area is 159 Å². The molecule has 0 unspecified atom stereocenters. The van der Waals surface area contributed by atoms with Crippen molar-refractivity contribution in [2.24, 2.45) is 0 Å². The number of benzene rings is 1. The van der Waals surface area contributed by atoms with Crippen molar-refractivity contribution >= 4 is 50.8 Å². The van der Waals surface area contributed by atoms with Crippen molar-refractivity contribution in [3.63, 3.8) is 0 Å². The molecule has 6 nitrogen and oxygen atoms in total. The van der Waals surface area contributed by atoms with Gasteiger partial charge in [-0.05, 0) is 50.2 Å². The molecular weight excluding hydrogens is 418 g/mol. The number of thiocarbonyl (C=S) groups is 1. The molecule has 1 aliphatic rings. The number of carbonyl (C=O) groups is 1. The fourth-order valence-electron chi connectivity index (χ4n) is 2.09. The number of carbonyl (C=O) groups excluding carboxylic acids is 1. The van der Waals surface area contributed by atoms with Gasteiger partial charge in [-0.15, -0.1) is 0 Å². The molecule has 3 N–H and O–H groups in total. The van der Waals surface area contributed by atoms with Crippen molar-refractivity contribution in [2.45, 2.75) is 32.0 Å². The third-order valence-electron chi connectivity index (χ3n) is 3.38. The highest BCUT2D eigenvalue weighted by atomic mass is 79.9. The molecule has 2 rings (SSSR count). The predicted octanol–water partition coefficient (Wildman–Crippen LogP) is 2.54. The first-order valence-corrected chi connectivity index (χ1v) is 9.10. The molecule has 1 fully saturated rings. The van der Waals surface area contributed by atoms with Crippen LogP contribution in [0.4, 0.5) is 0 Å². The monoisotopic (exact) mass is 435 g/mol. The summed E-state index contributed by atoms with van der Waals surface area (Å²) in [6, 6.07) is 5.18. The highest BCUT2D eigenvalue weighted by Gasteiger charge is 2.17. The average Bonchev–Trinajstić information content (AvgIpc) is 3.06. The van der Waals surface area contributed by atoms with Crippen molar-refractivity contribution in [1.29, 1.82) is 0 Å². The van der Waals surface area contributed by atoms with E-state index in [1.807, 2.05) is 0 Å². The molecule has 0 radical (unpaired) electrons. The van der Waals surface area contributed by atoms with E-state index in [0.717, 1.165) is 23.9 Å². The van der Waals surface area contributed by atoms with Crippen molar-refractivity contribution < 1.29 is 14.3 Å². The lowest BCUT2D eigenvalue weighted by Crippen LogP contribution is -2.51. The second kappa shape index (κ2) is 9.41. The van der Waals surface area contributed by atoms with Gasteiger partial charge in [0.1, 0.15) is 5.75 Å². The van der Waals surface area contributed by atoms with Crippen molar-refractivity contribution in [3.8, 4) is 5.75 Å². The highest BCUT2D eigenvalue weighted by molar-refractivity contribution is 9.10. The topological polar surface area (TPSA) is 71.6 Å². The first-order chi connectivity index (χ1) is 11.5. The van der Waals surface area contributed by atoms with Crippen LogP contribution in [0.5, 0.6) is 5.75 Å². The van der Waals surface area contributed by atoms with Gasteiger partial charge < -0.3 is 14.8 Å². The molecule has 0 aliphatic carbocycles. The van der Waals surface area contributed by atoms with E-state index in [2.05, 4.69) is 32.1 Å². The summed E-state index contributed by atoms with van der Waals surface area (Å²) < 4.78 is 11.9. The van der Waals surface area contributed by atoms with Crippen LogP contribution in [0.3, 0.4) is 0 Å². The minimum atomic E-state index is -0.739. The van der Waals surface area contributed by atoms with Gasteiger partial charge in [0.05, 0.1) is 11.1 Å². The maximum Gasteiger partial charge on any atom is 0.279 e. The summed E-state index contributed by atoms with van der Waals surface area (Å²) in [6.07, 6.45) is 1.51. The molecule has 0 aromatic heterocycles. The van der Waals surface area contributed by atoms with E-state index in [9.17, 15) is 4.79 Å². The van der Waals surface area contributed by atoms with Gasteiger partial charge in [0.25, 0.3) is 5.91 Å². The molecule has 1 amide bonds. The van der Waals surface area contributed by atoms with E-state index in [-0.39, 0.29) is 12.0 Å². The highest BCUT2D eigenvalue weighted by Crippen LogP contribution is 2.28. The van der Waals surface area contributed by atoms with Crippen LogP contribution in [0.15, 0.2) is 22.7 Å². The summed E-state index contributed by atoms with van der Waals surface area (Å²) in [6.45, 7) is 3.03. The molecule has 1 heterocycles. The molecule has 1 aliphatic heterocycles. The van der Waals surface area contributed by atoms with Gasteiger partial charge in [-0.3, -0.25) is 15.6 Å². The van der Waals surface area contributed by atoms with Crippen LogP contribution in [0, 0.1) is 0 Å². The first kappa shape index (κ1) is 19.2. The van der Waals surface area contributed by atoms with Crippen molar-refractivity contribution in [2.75, 3.05) is 13.2 Å². The summed E-state index contributed by atoms with van der Waals surface area (Å²) in [7, 11) is 0. The standard InChI is InChI=1S/C15H19BrClN3O3S/c1-9(23-13-5-4-10(16)7-12(13)17)14(21)19-20-15(24)18-8-11-3-2-6-22-11/h4-5,7,9,11H,2-3,6,8H2,1H3,(H,19,21)(H2,18,20,24)/t9-,11+/m1/s1. The number of ether oxygens (including phenoxy) is 2. The summed E-state index contributed by atoms with van der Waals surface area (Å²) in [4.78, 5) is 12.0. The Morgan fingerprint density at radius 2 is 2.33 bits per heavy atom. The fourth-order valence-corrected chi connectivity index (χ4v) is 2.94. The van der Waals surface area contributed by atoms with Gasteiger partial charge in [0.2, 0.25) is 0 Å². The van der Waals surface area contributed by atoms with Crippen LogP contribution in [0.2, 0.25) is 5.02 Å². The molecule has 132 valence electrons. The number of hydrogen-bond donors (Lipinski definition) is 3. The number of hydrazine groups is 1. The van der Waals surface area contributed by atoms with Crippen molar-refractivity contribution in [1.82, 2.24) is 16.2 Å². The molecule has 0 bridgehead atoms. The summed E-state index contributed by atoms with van der Waals surface area (Å²) in [5.41, 5.74) is 5.14. The lowest BCUT2D eigenvalue weighted by Gasteiger charge is -2.18. The Morgan fingerprint density at radius 1 is 1.54 bits per heavy atom. The van der Waals surface area contributed by atoms with Gasteiger partial charge in [0.15, 0.2) is 11.2 Å². The molecular formula is C15H19BrClN3O3S. The van der Waals surface area contributed by atoms with E-state index < -0.39 is 6.10 Å². The number of amides is 1. The Morgan fingerprint density at radius 3 is 3.00 bits per heavy atom. The van der Waals surface area contributed by atoms with Crippen LogP contribution in [-0.2, 0) is 9.53 Å². The molecule has 1 saturated heterocycles. The Hall–Kier alpha value is -1.09. The zero-order valence-corrected chi connectivity index (χ0v) is 16.3. The van der Waals surface area contributed by atoms with Crippen molar-refractivity contribution in [3.05, 3.63) is 27.7 Å². The van der Waals surface area contributed by atoms with E-state index in [4.69, 9.17) is 33.3 Å². The molecule has 0 spiro atoms. The third-order valence-corrected chi connectivity index (χ3v) is 4.42. The first-order valence-electron chi connectivity index (χ1n) is 7.52. The minimum absolute atomic E-state index is 0.169. The fraction of sp³-hybridized carbons (Fsp3) is 0.467. The maximum atomic E-state index is 12.0. The van der Waals surface area contributed by atoms with Gasteiger partial charge in [0, 0.05) is 17.6 Å². The van der Waals surface area contributed by atoms with E-state index in [0.29, 0.717) is 22.4 Å². The predicted molar refractivity (Wildman–Crippen MR) is 100 cm³/mol. The number of nitrogens with one attached hydrogen (secondary N) is 3. The molecule has 1 aromatic rings. The summed E-state index contributed by atoms with van der Waals surface area (Å²) in [5, 5.41) is 3.75. The average molecular weight is 437 g/mol.